The average Bonchev–Trinajstić information content (AvgIpc) is 3.39. The molecule has 0 aromatic heterocycles. The molecule has 1 unspecified atom stereocenters. The predicted octanol–water partition coefficient (Wildman–Crippen LogP) is 4.10. The Balaban J connectivity index is 1.44. The van der Waals surface area contributed by atoms with Gasteiger partial charge in [0.25, 0.3) is 0 Å². The molecule has 1 aromatic carbocycles. The van der Waals surface area contributed by atoms with Gasteiger partial charge in [0.05, 0.1) is 7.11 Å². The van der Waals surface area contributed by atoms with Crippen LogP contribution in [0.2, 0.25) is 0 Å². The van der Waals surface area contributed by atoms with Crippen molar-refractivity contribution in [1.82, 2.24) is 5.32 Å². The van der Waals surface area contributed by atoms with Crippen molar-refractivity contribution in [2.24, 2.45) is 17.8 Å². The molecule has 1 N–H and O–H groups in total. The third-order valence-electron chi connectivity index (χ3n) is 5.72. The van der Waals surface area contributed by atoms with E-state index < -0.39 is 0 Å². The molecule has 2 heteroatoms. The van der Waals surface area contributed by atoms with Crippen LogP contribution in [-0.4, -0.2) is 13.7 Å². The van der Waals surface area contributed by atoms with Crippen molar-refractivity contribution in [1.29, 1.82) is 0 Å². The zero-order valence-corrected chi connectivity index (χ0v) is 13.1. The number of hydrogen-bond donors (Lipinski definition) is 1. The quantitative estimate of drug-likeness (QED) is 0.849. The van der Waals surface area contributed by atoms with Crippen LogP contribution in [0.1, 0.15) is 55.7 Å². The molecule has 2 saturated carbocycles. The van der Waals surface area contributed by atoms with Gasteiger partial charge in [-0.05, 0) is 92.5 Å². The fraction of sp³-hybridized carbons (Fsp3) is 0.684. The van der Waals surface area contributed by atoms with E-state index in [0.717, 1.165) is 23.5 Å². The number of hydrogen-bond acceptors (Lipinski definition) is 2. The lowest BCUT2D eigenvalue weighted by Crippen LogP contribution is -2.31. The normalized spacial score (nSPS) is 25.0. The fourth-order valence-corrected chi connectivity index (χ4v) is 4.18. The largest absolute Gasteiger partial charge is 0.497 e. The van der Waals surface area contributed by atoms with Crippen molar-refractivity contribution in [2.45, 2.75) is 51.0 Å². The highest BCUT2D eigenvalue weighted by atomic mass is 16.5. The number of aryl methyl sites for hydroxylation is 1. The highest BCUT2D eigenvalue weighted by molar-refractivity contribution is 5.39. The number of fused-ring (bicyclic) bond motifs is 1. The smallest absolute Gasteiger partial charge is 0.119 e. The number of benzene rings is 1. The Morgan fingerprint density at radius 3 is 2.57 bits per heavy atom. The van der Waals surface area contributed by atoms with Gasteiger partial charge in [0.1, 0.15) is 5.75 Å². The Labute approximate surface area is 128 Å². The first-order valence-corrected chi connectivity index (χ1v) is 8.75. The molecule has 2 fully saturated rings. The van der Waals surface area contributed by atoms with Crippen LogP contribution in [0, 0.1) is 17.8 Å². The molecule has 114 valence electrons. The second kappa shape index (κ2) is 5.64. The molecule has 4 rings (SSSR count). The van der Waals surface area contributed by atoms with E-state index in [4.69, 9.17) is 4.74 Å². The molecule has 1 atom stereocenters. The molecule has 3 aliphatic carbocycles. The lowest BCUT2D eigenvalue weighted by molar-refractivity contribution is 0.341. The monoisotopic (exact) mass is 285 g/mol. The van der Waals surface area contributed by atoms with Crippen LogP contribution >= 0.6 is 0 Å². The maximum absolute atomic E-state index is 5.37. The van der Waals surface area contributed by atoms with E-state index in [-0.39, 0.29) is 0 Å². The average molecular weight is 285 g/mol. The van der Waals surface area contributed by atoms with Crippen molar-refractivity contribution in [2.75, 3.05) is 13.7 Å². The van der Waals surface area contributed by atoms with E-state index in [1.165, 1.54) is 62.6 Å². The summed E-state index contributed by atoms with van der Waals surface area (Å²) in [5, 5.41) is 3.92. The van der Waals surface area contributed by atoms with Gasteiger partial charge >= 0.3 is 0 Å². The SMILES string of the molecule is COc1ccc2c(c1)CCCC2NCC(C1CC1)C1CC1. The number of methoxy groups -OCH3 is 1. The molecule has 0 heterocycles. The molecule has 0 bridgehead atoms. The Morgan fingerprint density at radius 1 is 1.14 bits per heavy atom. The molecule has 0 spiro atoms. The maximum atomic E-state index is 5.37. The Hall–Kier alpha value is -1.02. The lowest BCUT2D eigenvalue weighted by atomic mass is 9.87. The first-order valence-electron chi connectivity index (χ1n) is 8.75. The molecular weight excluding hydrogens is 258 g/mol. The molecule has 0 amide bonds. The van der Waals surface area contributed by atoms with Crippen LogP contribution in [0.5, 0.6) is 5.75 Å². The summed E-state index contributed by atoms with van der Waals surface area (Å²) in [6, 6.07) is 7.22. The Kier molecular flexibility index (Phi) is 3.66. The molecular formula is C19H27NO. The van der Waals surface area contributed by atoms with Gasteiger partial charge in [0.2, 0.25) is 0 Å². The van der Waals surface area contributed by atoms with Crippen molar-refractivity contribution in [3.8, 4) is 5.75 Å². The molecule has 0 radical (unpaired) electrons. The molecule has 3 aliphatic rings. The summed E-state index contributed by atoms with van der Waals surface area (Å²) in [5.74, 6) is 4.06. The van der Waals surface area contributed by atoms with Crippen LogP contribution in [-0.2, 0) is 6.42 Å². The summed E-state index contributed by atoms with van der Waals surface area (Å²) in [4.78, 5) is 0. The summed E-state index contributed by atoms with van der Waals surface area (Å²) >= 11 is 0. The summed E-state index contributed by atoms with van der Waals surface area (Å²) in [7, 11) is 1.76. The second-order valence-corrected chi connectivity index (χ2v) is 7.26. The van der Waals surface area contributed by atoms with Gasteiger partial charge < -0.3 is 10.1 Å². The first-order chi connectivity index (χ1) is 10.3. The minimum Gasteiger partial charge on any atom is -0.497 e. The zero-order chi connectivity index (χ0) is 14.2. The van der Waals surface area contributed by atoms with Crippen LogP contribution in [0.25, 0.3) is 0 Å². The molecule has 21 heavy (non-hydrogen) atoms. The summed E-state index contributed by atoms with van der Waals surface area (Å²) in [6.07, 6.45) is 9.75. The van der Waals surface area contributed by atoms with Crippen molar-refractivity contribution in [3.63, 3.8) is 0 Å². The van der Waals surface area contributed by atoms with E-state index in [2.05, 4.69) is 23.5 Å². The van der Waals surface area contributed by atoms with Crippen LogP contribution < -0.4 is 10.1 Å². The van der Waals surface area contributed by atoms with E-state index in [0.29, 0.717) is 6.04 Å². The predicted molar refractivity (Wildman–Crippen MR) is 85.6 cm³/mol. The first kappa shape index (κ1) is 13.6. The second-order valence-electron chi connectivity index (χ2n) is 7.26. The van der Waals surface area contributed by atoms with Crippen molar-refractivity contribution >= 4 is 0 Å². The van der Waals surface area contributed by atoms with Gasteiger partial charge in [-0.3, -0.25) is 0 Å². The van der Waals surface area contributed by atoms with Crippen LogP contribution in [0.3, 0.4) is 0 Å². The third-order valence-corrected chi connectivity index (χ3v) is 5.72. The highest BCUT2D eigenvalue weighted by Gasteiger charge is 2.41. The van der Waals surface area contributed by atoms with Gasteiger partial charge in [-0.2, -0.15) is 0 Å². The number of ether oxygens (including phenoxy) is 1. The Bertz CT molecular complexity index is 492. The van der Waals surface area contributed by atoms with E-state index in [1.807, 2.05) is 0 Å². The van der Waals surface area contributed by atoms with Gasteiger partial charge in [-0.25, -0.2) is 0 Å². The fourth-order valence-electron chi connectivity index (χ4n) is 4.18. The Morgan fingerprint density at radius 2 is 1.90 bits per heavy atom. The van der Waals surface area contributed by atoms with Gasteiger partial charge in [0, 0.05) is 6.04 Å². The van der Waals surface area contributed by atoms with Gasteiger partial charge in [0.15, 0.2) is 0 Å². The van der Waals surface area contributed by atoms with Crippen molar-refractivity contribution < 1.29 is 4.74 Å². The summed E-state index contributed by atoms with van der Waals surface area (Å²) in [5.41, 5.74) is 3.01. The minimum absolute atomic E-state index is 0.569. The van der Waals surface area contributed by atoms with Crippen LogP contribution in [0.15, 0.2) is 18.2 Å². The number of rotatable bonds is 6. The summed E-state index contributed by atoms with van der Waals surface area (Å²) < 4.78 is 5.37. The van der Waals surface area contributed by atoms with E-state index in [1.54, 1.807) is 7.11 Å². The molecule has 1 aromatic rings. The topological polar surface area (TPSA) is 21.3 Å². The third kappa shape index (κ3) is 2.96. The van der Waals surface area contributed by atoms with Gasteiger partial charge in [-0.15, -0.1) is 0 Å². The highest BCUT2D eigenvalue weighted by Crippen LogP contribution is 2.49. The van der Waals surface area contributed by atoms with Crippen molar-refractivity contribution in [3.05, 3.63) is 29.3 Å². The molecule has 0 saturated heterocycles. The summed E-state index contributed by atoms with van der Waals surface area (Å²) in [6.45, 7) is 1.24. The standard InChI is InChI=1S/C19H27NO/c1-21-16-9-10-17-15(11-16)3-2-4-19(17)20-12-18(13-5-6-13)14-7-8-14/h9-11,13-14,18-20H,2-8,12H2,1H3. The van der Waals surface area contributed by atoms with Crippen LogP contribution in [0.4, 0.5) is 0 Å². The zero-order valence-electron chi connectivity index (χ0n) is 13.1. The maximum Gasteiger partial charge on any atom is 0.119 e. The number of nitrogens with one attached hydrogen (secondary N) is 1. The van der Waals surface area contributed by atoms with E-state index >= 15 is 0 Å². The lowest BCUT2D eigenvalue weighted by Gasteiger charge is -2.29. The minimum atomic E-state index is 0.569. The molecule has 2 nitrogen and oxygen atoms in total. The van der Waals surface area contributed by atoms with E-state index in [9.17, 15) is 0 Å². The molecule has 0 aliphatic heterocycles. The van der Waals surface area contributed by atoms with Gasteiger partial charge in [-0.1, -0.05) is 6.07 Å².